The van der Waals surface area contributed by atoms with Gasteiger partial charge in [0, 0.05) is 0 Å². The smallest absolute Gasteiger partial charge is 0.0207 e. The summed E-state index contributed by atoms with van der Waals surface area (Å²) in [4.78, 5) is 0. The van der Waals surface area contributed by atoms with E-state index in [1.807, 2.05) is 0 Å². The fourth-order valence-corrected chi connectivity index (χ4v) is 16.2. The molecule has 0 bridgehead atoms. The fourth-order valence-electron chi connectivity index (χ4n) is 8.27. The standard InChI is InChI=1S/C32H60P2/c1(3-17-27-33(29-19-9-5-10-20-29)30-21-11-6-12-22-30)2-4-18-28-34(31-23-13-7-14-24-31)32-25-15-8-16-26-32/h29-32H,1-28H2. The third-order valence-electron chi connectivity index (χ3n) is 10.3. The zero-order chi connectivity index (χ0) is 23.3. The maximum Gasteiger partial charge on any atom is -0.0207 e. The highest BCUT2D eigenvalue weighted by Crippen LogP contribution is 2.57. The lowest BCUT2D eigenvalue weighted by molar-refractivity contribution is 0.482. The van der Waals surface area contributed by atoms with E-state index in [2.05, 4.69) is 0 Å². The lowest BCUT2D eigenvalue weighted by Crippen LogP contribution is -2.22. The number of hydrogen-bond donors (Lipinski definition) is 0. The van der Waals surface area contributed by atoms with Crippen molar-refractivity contribution in [3.05, 3.63) is 0 Å². The first-order chi connectivity index (χ1) is 16.9. The molecular weight excluding hydrogens is 446 g/mol. The molecule has 0 atom stereocenters. The van der Waals surface area contributed by atoms with Gasteiger partial charge in [-0.05, 0) is 99.2 Å². The number of unbranched alkanes of at least 4 members (excludes halogenated alkanes) is 5. The van der Waals surface area contributed by atoms with Gasteiger partial charge in [-0.25, -0.2) is 0 Å². The van der Waals surface area contributed by atoms with Crippen LogP contribution in [0, 0.1) is 0 Å². The van der Waals surface area contributed by atoms with E-state index in [4.69, 9.17) is 0 Å². The lowest BCUT2D eigenvalue weighted by atomic mass is 9.99. The van der Waals surface area contributed by atoms with Crippen LogP contribution in [-0.2, 0) is 0 Å². The molecule has 0 unspecified atom stereocenters. The fraction of sp³-hybridized carbons (Fsp3) is 1.00. The van der Waals surface area contributed by atoms with Crippen molar-refractivity contribution >= 4 is 15.8 Å². The van der Waals surface area contributed by atoms with Crippen LogP contribution < -0.4 is 0 Å². The van der Waals surface area contributed by atoms with E-state index < -0.39 is 0 Å². The first-order valence-electron chi connectivity index (χ1n) is 16.4. The highest BCUT2D eigenvalue weighted by molar-refractivity contribution is 7.59. The molecule has 0 heterocycles. The van der Waals surface area contributed by atoms with Crippen molar-refractivity contribution in [2.45, 2.75) is 190 Å². The molecule has 0 radical (unpaired) electrons. The van der Waals surface area contributed by atoms with Gasteiger partial charge < -0.3 is 0 Å². The van der Waals surface area contributed by atoms with Gasteiger partial charge in [-0.1, -0.05) is 103 Å². The second-order valence-electron chi connectivity index (χ2n) is 12.8. The molecule has 2 heteroatoms. The first-order valence-corrected chi connectivity index (χ1v) is 19.8. The monoisotopic (exact) mass is 506 g/mol. The minimum atomic E-state index is 0.354. The average Bonchev–Trinajstić information content (AvgIpc) is 2.92. The Bertz CT molecular complexity index is 413. The molecule has 4 saturated carbocycles. The van der Waals surface area contributed by atoms with E-state index in [1.165, 1.54) is 48.3 Å². The van der Waals surface area contributed by atoms with Crippen molar-refractivity contribution in [3.63, 3.8) is 0 Å². The molecule has 4 fully saturated rings. The SMILES string of the molecule is C(CCCCP(C1CCCCC1)C1CCCCC1)CCCP(C1CCCCC1)C1CCCCC1. The topological polar surface area (TPSA) is 0 Å². The summed E-state index contributed by atoms with van der Waals surface area (Å²) in [5, 5.41) is 0. The van der Waals surface area contributed by atoms with Crippen LogP contribution in [0.25, 0.3) is 0 Å². The molecule has 4 aliphatic carbocycles. The Balaban J connectivity index is 1.11. The summed E-state index contributed by atoms with van der Waals surface area (Å²) in [6.07, 6.45) is 44.1. The molecule has 34 heavy (non-hydrogen) atoms. The van der Waals surface area contributed by atoms with Crippen molar-refractivity contribution in [1.29, 1.82) is 0 Å². The molecular formula is C32H60P2. The van der Waals surface area contributed by atoms with Gasteiger partial charge in [0.1, 0.15) is 0 Å². The maximum absolute atomic E-state index is 1.65. The Morgan fingerprint density at radius 2 is 0.529 bits per heavy atom. The average molecular weight is 507 g/mol. The Labute approximate surface area is 217 Å². The molecule has 0 aromatic carbocycles. The first kappa shape index (κ1) is 27.9. The van der Waals surface area contributed by atoms with Crippen LogP contribution in [-0.4, -0.2) is 35.0 Å². The molecule has 198 valence electrons. The van der Waals surface area contributed by atoms with Crippen molar-refractivity contribution in [3.8, 4) is 0 Å². The predicted molar refractivity (Wildman–Crippen MR) is 159 cm³/mol. The summed E-state index contributed by atoms with van der Waals surface area (Å²) < 4.78 is 0. The zero-order valence-corrected chi connectivity index (χ0v) is 24.8. The number of hydrogen-bond acceptors (Lipinski definition) is 0. The van der Waals surface area contributed by atoms with Gasteiger partial charge in [0.05, 0.1) is 0 Å². The van der Waals surface area contributed by atoms with Crippen LogP contribution in [0.2, 0.25) is 0 Å². The summed E-state index contributed by atoms with van der Waals surface area (Å²) in [6, 6.07) is 0. The van der Waals surface area contributed by atoms with Crippen LogP contribution in [0.5, 0.6) is 0 Å². The van der Waals surface area contributed by atoms with Crippen LogP contribution in [0.15, 0.2) is 0 Å². The van der Waals surface area contributed by atoms with Crippen molar-refractivity contribution in [2.24, 2.45) is 0 Å². The molecule has 0 spiro atoms. The van der Waals surface area contributed by atoms with Crippen LogP contribution >= 0.6 is 15.8 Å². The van der Waals surface area contributed by atoms with E-state index in [0.29, 0.717) is 15.8 Å². The highest BCUT2D eigenvalue weighted by Gasteiger charge is 2.31. The molecule has 0 nitrogen and oxygen atoms in total. The molecule has 4 aliphatic rings. The normalized spacial score (nSPS) is 24.9. The van der Waals surface area contributed by atoms with E-state index in [0.717, 1.165) is 0 Å². The van der Waals surface area contributed by atoms with Crippen molar-refractivity contribution in [1.82, 2.24) is 0 Å². The molecule has 0 aromatic rings. The quantitative estimate of drug-likeness (QED) is 0.172. The summed E-state index contributed by atoms with van der Waals surface area (Å²) >= 11 is 0. The minimum absolute atomic E-state index is 0.354. The van der Waals surface area contributed by atoms with Gasteiger partial charge in [0.2, 0.25) is 0 Å². The maximum atomic E-state index is 1.65. The van der Waals surface area contributed by atoms with Crippen LogP contribution in [0.3, 0.4) is 0 Å². The Morgan fingerprint density at radius 3 is 0.794 bits per heavy atom. The van der Waals surface area contributed by atoms with E-state index >= 15 is 0 Å². The Morgan fingerprint density at radius 1 is 0.294 bits per heavy atom. The number of rotatable bonds is 13. The highest BCUT2D eigenvalue weighted by atomic mass is 31.1. The Hall–Kier alpha value is 0.860. The van der Waals surface area contributed by atoms with Gasteiger partial charge in [0.25, 0.3) is 0 Å². The van der Waals surface area contributed by atoms with Gasteiger partial charge in [-0.2, -0.15) is 0 Å². The molecule has 4 rings (SSSR count). The van der Waals surface area contributed by atoms with Gasteiger partial charge in [0.15, 0.2) is 0 Å². The second-order valence-corrected chi connectivity index (χ2v) is 18.6. The van der Waals surface area contributed by atoms with Crippen molar-refractivity contribution in [2.75, 3.05) is 12.3 Å². The molecule has 0 N–H and O–H groups in total. The summed E-state index contributed by atoms with van der Waals surface area (Å²) in [5.74, 6) is 0. The third-order valence-corrected chi connectivity index (χ3v) is 17.7. The third kappa shape index (κ3) is 9.31. The molecule has 0 saturated heterocycles. The van der Waals surface area contributed by atoms with Gasteiger partial charge in [-0.15, -0.1) is 15.8 Å². The van der Waals surface area contributed by atoms with E-state index in [-0.39, 0.29) is 0 Å². The van der Waals surface area contributed by atoms with Crippen LogP contribution in [0.4, 0.5) is 0 Å². The minimum Gasteiger partial charge on any atom is -0.100 e. The predicted octanol–water partition coefficient (Wildman–Crippen LogP) is 11.6. The molecule has 0 aromatic heterocycles. The lowest BCUT2D eigenvalue weighted by Gasteiger charge is -2.38. The molecule has 0 amide bonds. The summed E-state index contributed by atoms with van der Waals surface area (Å²) in [5.41, 5.74) is 4.69. The Kier molecular flexibility index (Phi) is 13.7. The van der Waals surface area contributed by atoms with Crippen molar-refractivity contribution < 1.29 is 0 Å². The van der Waals surface area contributed by atoms with E-state index in [9.17, 15) is 0 Å². The summed E-state index contributed by atoms with van der Waals surface area (Å²) in [6.45, 7) is 0. The largest absolute Gasteiger partial charge is 0.100 e. The van der Waals surface area contributed by atoms with Gasteiger partial charge in [-0.3, -0.25) is 0 Å². The summed E-state index contributed by atoms with van der Waals surface area (Å²) in [7, 11) is 0.708. The zero-order valence-electron chi connectivity index (χ0n) is 23.0. The van der Waals surface area contributed by atoms with E-state index in [1.54, 1.807) is 154 Å². The van der Waals surface area contributed by atoms with Gasteiger partial charge >= 0.3 is 0 Å². The molecule has 0 aliphatic heterocycles. The van der Waals surface area contributed by atoms with Crippen LogP contribution in [0.1, 0.15) is 167 Å². The second kappa shape index (κ2) is 16.7.